The van der Waals surface area contributed by atoms with Gasteiger partial charge in [-0.05, 0) is 101 Å². The Morgan fingerprint density at radius 3 is 1.97 bits per heavy atom. The van der Waals surface area contributed by atoms with Crippen LogP contribution in [0.2, 0.25) is 0 Å². The summed E-state index contributed by atoms with van der Waals surface area (Å²) in [5.74, 6) is 1.30. The minimum atomic E-state index is -3.21. The molecule has 2 aromatic heterocycles. The Labute approximate surface area is 208 Å². The maximum absolute atomic E-state index is 11.8. The quantitative estimate of drug-likeness (QED) is 0.538. The highest BCUT2D eigenvalue weighted by Crippen LogP contribution is 2.34. The van der Waals surface area contributed by atoms with Crippen LogP contribution in [-0.2, 0) is 16.9 Å². The topological polar surface area (TPSA) is 71.3 Å². The SMILES string of the molecule is Cn1c(-c2ccc(S(C)(=O)=O)cc2)nc2ccc(C3CCN(C4CCN(C5CC5)CC4)CC3)nc21. The number of nitrogens with zero attached hydrogens (tertiary/aromatic N) is 5. The van der Waals surface area contributed by atoms with Crippen LogP contribution in [0.1, 0.15) is 50.1 Å². The van der Waals surface area contributed by atoms with Crippen molar-refractivity contribution in [3.05, 3.63) is 42.1 Å². The second-order valence-electron chi connectivity index (χ2n) is 10.7. The number of aryl methyl sites for hydroxylation is 1. The van der Waals surface area contributed by atoms with Crippen molar-refractivity contribution in [2.24, 2.45) is 7.05 Å². The van der Waals surface area contributed by atoms with Crippen molar-refractivity contribution < 1.29 is 8.42 Å². The normalized spacial score (nSPS) is 21.7. The lowest BCUT2D eigenvalue weighted by atomic mass is 9.90. The minimum absolute atomic E-state index is 0.320. The highest BCUT2D eigenvalue weighted by Gasteiger charge is 2.34. The molecule has 1 aliphatic carbocycles. The summed E-state index contributed by atoms with van der Waals surface area (Å²) in [4.78, 5) is 15.6. The number of likely N-dealkylation sites (tertiary alicyclic amines) is 2. The van der Waals surface area contributed by atoms with E-state index in [1.54, 1.807) is 12.1 Å². The van der Waals surface area contributed by atoms with Gasteiger partial charge < -0.3 is 14.4 Å². The van der Waals surface area contributed by atoms with Crippen molar-refractivity contribution >= 4 is 21.0 Å². The van der Waals surface area contributed by atoms with Crippen LogP contribution in [0.15, 0.2) is 41.3 Å². The molecular weight excluding hydrogens is 458 g/mol. The standard InChI is InChI=1S/C27H35N5O2S/c1-30-26(20-3-7-23(8-4-20)35(2,33)34)29-25-10-9-24(28-27(25)30)19-11-15-31(16-12-19)22-13-17-32(18-14-22)21-5-6-21/h3-4,7-10,19,21-22H,5-6,11-18H2,1-2H3. The Kier molecular flexibility index (Phi) is 5.93. The number of sulfone groups is 1. The number of hydrogen-bond donors (Lipinski definition) is 0. The second kappa shape index (κ2) is 8.98. The fraction of sp³-hybridized carbons (Fsp3) is 0.556. The number of piperidine rings is 2. The Morgan fingerprint density at radius 1 is 0.771 bits per heavy atom. The average Bonchev–Trinajstić information content (AvgIpc) is 3.67. The molecule has 4 heterocycles. The minimum Gasteiger partial charge on any atom is -0.312 e. The molecule has 0 unspecified atom stereocenters. The highest BCUT2D eigenvalue weighted by atomic mass is 32.2. The molecule has 0 amide bonds. The van der Waals surface area contributed by atoms with Crippen LogP contribution in [-0.4, -0.2) is 77.3 Å². The second-order valence-corrected chi connectivity index (χ2v) is 12.7. The number of imidazole rings is 1. The van der Waals surface area contributed by atoms with Gasteiger partial charge in [0.15, 0.2) is 15.5 Å². The maximum Gasteiger partial charge on any atom is 0.175 e. The summed E-state index contributed by atoms with van der Waals surface area (Å²) in [6.07, 6.45) is 9.05. The lowest BCUT2D eigenvalue weighted by Crippen LogP contribution is -2.48. The van der Waals surface area contributed by atoms with E-state index in [9.17, 15) is 8.42 Å². The van der Waals surface area contributed by atoms with Crippen molar-refractivity contribution in [2.75, 3.05) is 32.4 Å². The molecule has 0 atom stereocenters. The van der Waals surface area contributed by atoms with Gasteiger partial charge in [0.25, 0.3) is 0 Å². The number of benzene rings is 1. The molecular formula is C27H35N5O2S. The number of fused-ring (bicyclic) bond motifs is 1. The molecule has 3 aliphatic rings. The van der Waals surface area contributed by atoms with Crippen molar-refractivity contribution in [3.63, 3.8) is 0 Å². The average molecular weight is 494 g/mol. The number of aromatic nitrogens is 3. The van der Waals surface area contributed by atoms with E-state index in [1.165, 1.54) is 76.7 Å². The molecule has 3 fully saturated rings. The summed E-state index contributed by atoms with van der Waals surface area (Å²) < 4.78 is 25.6. The van der Waals surface area contributed by atoms with Gasteiger partial charge in [-0.25, -0.2) is 18.4 Å². The molecule has 0 bridgehead atoms. The molecule has 2 saturated heterocycles. The van der Waals surface area contributed by atoms with E-state index < -0.39 is 9.84 Å². The first-order chi connectivity index (χ1) is 16.9. The first kappa shape index (κ1) is 23.1. The number of hydrogen-bond acceptors (Lipinski definition) is 6. The summed E-state index contributed by atoms with van der Waals surface area (Å²) in [6.45, 7) is 4.91. The van der Waals surface area contributed by atoms with Gasteiger partial charge in [0.2, 0.25) is 0 Å². The molecule has 1 saturated carbocycles. The predicted molar refractivity (Wildman–Crippen MR) is 138 cm³/mol. The van der Waals surface area contributed by atoms with E-state index in [0.717, 1.165) is 34.6 Å². The summed E-state index contributed by atoms with van der Waals surface area (Å²) >= 11 is 0. The lowest BCUT2D eigenvalue weighted by Gasteiger charge is -2.41. The van der Waals surface area contributed by atoms with Gasteiger partial charge in [0.05, 0.1) is 4.90 Å². The van der Waals surface area contributed by atoms with E-state index in [4.69, 9.17) is 9.97 Å². The smallest absolute Gasteiger partial charge is 0.175 e. The van der Waals surface area contributed by atoms with Gasteiger partial charge >= 0.3 is 0 Å². The Morgan fingerprint density at radius 2 is 1.37 bits per heavy atom. The van der Waals surface area contributed by atoms with Gasteiger partial charge in [-0.15, -0.1) is 0 Å². The zero-order chi connectivity index (χ0) is 24.2. The molecule has 8 heteroatoms. The van der Waals surface area contributed by atoms with Crippen LogP contribution >= 0.6 is 0 Å². The molecule has 0 spiro atoms. The number of rotatable bonds is 5. The molecule has 35 heavy (non-hydrogen) atoms. The molecule has 0 N–H and O–H groups in total. The summed E-state index contributed by atoms with van der Waals surface area (Å²) in [6, 6.07) is 12.8. The van der Waals surface area contributed by atoms with E-state index >= 15 is 0 Å². The molecule has 1 aromatic carbocycles. The third-order valence-corrected chi connectivity index (χ3v) is 9.43. The van der Waals surface area contributed by atoms with Crippen molar-refractivity contribution in [3.8, 4) is 11.4 Å². The summed E-state index contributed by atoms with van der Waals surface area (Å²) in [5.41, 5.74) is 3.82. The van der Waals surface area contributed by atoms with Crippen LogP contribution in [0.25, 0.3) is 22.6 Å². The fourth-order valence-corrected chi connectivity index (χ4v) is 6.66. The Bertz CT molecular complexity index is 1310. The van der Waals surface area contributed by atoms with Gasteiger partial charge in [0, 0.05) is 42.6 Å². The predicted octanol–water partition coefficient (Wildman–Crippen LogP) is 3.85. The van der Waals surface area contributed by atoms with Crippen molar-refractivity contribution in [2.45, 2.75) is 61.4 Å². The van der Waals surface area contributed by atoms with Crippen LogP contribution in [0, 0.1) is 0 Å². The van der Waals surface area contributed by atoms with Crippen molar-refractivity contribution in [1.82, 2.24) is 24.3 Å². The first-order valence-electron chi connectivity index (χ1n) is 13.0. The molecule has 186 valence electrons. The zero-order valence-electron chi connectivity index (χ0n) is 20.7. The zero-order valence-corrected chi connectivity index (χ0v) is 21.5. The van der Waals surface area contributed by atoms with Crippen LogP contribution in [0.3, 0.4) is 0 Å². The molecule has 7 nitrogen and oxygen atoms in total. The lowest BCUT2D eigenvalue weighted by molar-refractivity contribution is 0.0840. The molecule has 3 aromatic rings. The van der Waals surface area contributed by atoms with E-state index in [1.807, 2.05) is 23.7 Å². The van der Waals surface area contributed by atoms with E-state index in [0.29, 0.717) is 10.8 Å². The monoisotopic (exact) mass is 493 g/mol. The van der Waals surface area contributed by atoms with E-state index in [2.05, 4.69) is 21.9 Å². The van der Waals surface area contributed by atoms with E-state index in [-0.39, 0.29) is 0 Å². The molecule has 6 rings (SSSR count). The largest absolute Gasteiger partial charge is 0.312 e. The first-order valence-corrected chi connectivity index (χ1v) is 14.9. The highest BCUT2D eigenvalue weighted by molar-refractivity contribution is 7.90. The van der Waals surface area contributed by atoms with Gasteiger partial charge in [-0.2, -0.15) is 0 Å². The third kappa shape index (κ3) is 4.63. The third-order valence-electron chi connectivity index (χ3n) is 8.31. The number of pyridine rings is 1. The van der Waals surface area contributed by atoms with Crippen LogP contribution in [0.5, 0.6) is 0 Å². The summed E-state index contributed by atoms with van der Waals surface area (Å²) in [7, 11) is -1.23. The fourth-order valence-electron chi connectivity index (χ4n) is 6.03. The van der Waals surface area contributed by atoms with Crippen LogP contribution < -0.4 is 0 Å². The van der Waals surface area contributed by atoms with Crippen LogP contribution in [0.4, 0.5) is 0 Å². The van der Waals surface area contributed by atoms with Gasteiger partial charge in [-0.1, -0.05) is 0 Å². The summed E-state index contributed by atoms with van der Waals surface area (Å²) in [5, 5.41) is 0. The molecule has 0 radical (unpaired) electrons. The maximum atomic E-state index is 11.8. The van der Waals surface area contributed by atoms with Gasteiger partial charge in [0.1, 0.15) is 11.3 Å². The van der Waals surface area contributed by atoms with Crippen molar-refractivity contribution in [1.29, 1.82) is 0 Å². The Balaban J connectivity index is 1.14. The van der Waals surface area contributed by atoms with Gasteiger partial charge in [-0.3, -0.25) is 0 Å². The Hall–Kier alpha value is -2.29. The molecule has 2 aliphatic heterocycles.